The van der Waals surface area contributed by atoms with E-state index in [-0.39, 0.29) is 5.75 Å². The first-order chi connectivity index (χ1) is 7.54. The van der Waals surface area contributed by atoms with Gasteiger partial charge >= 0.3 is 0 Å². The predicted octanol–water partition coefficient (Wildman–Crippen LogP) is 1.00. The van der Waals surface area contributed by atoms with Crippen LogP contribution in [0.1, 0.15) is 19.8 Å². The van der Waals surface area contributed by atoms with Gasteiger partial charge in [0.1, 0.15) is 0 Å². The second-order valence-corrected chi connectivity index (χ2v) is 6.87. The summed E-state index contributed by atoms with van der Waals surface area (Å²) in [6.07, 6.45) is 3.64. The summed E-state index contributed by atoms with van der Waals surface area (Å²) in [6, 6.07) is 0. The molecule has 0 heterocycles. The van der Waals surface area contributed by atoms with Crippen molar-refractivity contribution < 1.29 is 8.42 Å². The Kier molecular flexibility index (Phi) is 9.40. The van der Waals surface area contributed by atoms with Crippen molar-refractivity contribution in [3.8, 4) is 0 Å². The maximum absolute atomic E-state index is 11.8. The Morgan fingerprint density at radius 3 is 2.56 bits per heavy atom. The molecule has 0 aliphatic carbocycles. The molecule has 0 aliphatic heterocycles. The van der Waals surface area contributed by atoms with Crippen molar-refractivity contribution in [2.45, 2.75) is 19.8 Å². The molecule has 0 bridgehead atoms. The summed E-state index contributed by atoms with van der Waals surface area (Å²) in [5, 5.41) is 3.19. The van der Waals surface area contributed by atoms with Gasteiger partial charge in [0.05, 0.1) is 5.75 Å². The fourth-order valence-corrected chi connectivity index (χ4v) is 3.05. The van der Waals surface area contributed by atoms with Gasteiger partial charge in [-0.2, -0.15) is 11.8 Å². The molecular formula is C10H24N2O2S2. The maximum atomic E-state index is 11.8. The van der Waals surface area contributed by atoms with Crippen LogP contribution in [-0.4, -0.2) is 57.2 Å². The van der Waals surface area contributed by atoms with E-state index in [0.717, 1.165) is 31.7 Å². The molecule has 0 aromatic rings. The van der Waals surface area contributed by atoms with Crippen molar-refractivity contribution in [2.24, 2.45) is 0 Å². The molecule has 6 heteroatoms. The van der Waals surface area contributed by atoms with Gasteiger partial charge in [-0.25, -0.2) is 12.7 Å². The normalized spacial score (nSPS) is 12.2. The van der Waals surface area contributed by atoms with Crippen LogP contribution in [0.5, 0.6) is 0 Å². The molecule has 0 unspecified atom stereocenters. The van der Waals surface area contributed by atoms with Crippen LogP contribution in [-0.2, 0) is 10.0 Å². The van der Waals surface area contributed by atoms with E-state index in [4.69, 9.17) is 0 Å². The average Bonchev–Trinajstić information content (AvgIpc) is 2.25. The van der Waals surface area contributed by atoms with Gasteiger partial charge in [0, 0.05) is 19.3 Å². The third-order valence-electron chi connectivity index (χ3n) is 2.34. The SMILES string of the molecule is CCNCCCCS(=O)(=O)N(C)CCSC. The number of sulfonamides is 1. The van der Waals surface area contributed by atoms with Crippen molar-refractivity contribution in [1.82, 2.24) is 9.62 Å². The lowest BCUT2D eigenvalue weighted by molar-refractivity contribution is 0.485. The van der Waals surface area contributed by atoms with Crippen molar-refractivity contribution in [3.05, 3.63) is 0 Å². The van der Waals surface area contributed by atoms with Crippen LogP contribution < -0.4 is 5.32 Å². The average molecular weight is 268 g/mol. The number of thioether (sulfide) groups is 1. The fraction of sp³-hybridized carbons (Fsp3) is 1.00. The van der Waals surface area contributed by atoms with E-state index >= 15 is 0 Å². The molecule has 16 heavy (non-hydrogen) atoms. The summed E-state index contributed by atoms with van der Waals surface area (Å²) in [7, 11) is -1.36. The van der Waals surface area contributed by atoms with Gasteiger partial charge in [-0.1, -0.05) is 6.92 Å². The molecule has 0 saturated carbocycles. The van der Waals surface area contributed by atoms with E-state index in [1.165, 1.54) is 4.31 Å². The Balaban J connectivity index is 3.77. The smallest absolute Gasteiger partial charge is 0.213 e. The van der Waals surface area contributed by atoms with Crippen LogP contribution in [0, 0.1) is 0 Å². The first-order valence-electron chi connectivity index (χ1n) is 5.68. The zero-order valence-corrected chi connectivity index (χ0v) is 12.2. The van der Waals surface area contributed by atoms with Gasteiger partial charge in [0.25, 0.3) is 0 Å². The van der Waals surface area contributed by atoms with Gasteiger partial charge in [-0.3, -0.25) is 0 Å². The Morgan fingerprint density at radius 1 is 1.31 bits per heavy atom. The molecule has 0 fully saturated rings. The molecular weight excluding hydrogens is 244 g/mol. The quantitative estimate of drug-likeness (QED) is 0.601. The highest BCUT2D eigenvalue weighted by molar-refractivity contribution is 7.98. The number of nitrogens with one attached hydrogen (secondary N) is 1. The van der Waals surface area contributed by atoms with Crippen LogP contribution in [0.2, 0.25) is 0 Å². The first-order valence-corrected chi connectivity index (χ1v) is 8.68. The van der Waals surface area contributed by atoms with Gasteiger partial charge in [-0.05, 0) is 32.2 Å². The van der Waals surface area contributed by atoms with E-state index in [9.17, 15) is 8.42 Å². The lowest BCUT2D eigenvalue weighted by atomic mass is 10.3. The van der Waals surface area contributed by atoms with Crippen molar-refractivity contribution in [2.75, 3.05) is 44.4 Å². The molecule has 98 valence electrons. The summed E-state index contributed by atoms with van der Waals surface area (Å²) in [5.41, 5.74) is 0. The van der Waals surface area contributed by atoms with Gasteiger partial charge in [-0.15, -0.1) is 0 Å². The third kappa shape index (κ3) is 7.49. The van der Waals surface area contributed by atoms with E-state index in [2.05, 4.69) is 5.32 Å². The molecule has 0 amide bonds. The van der Waals surface area contributed by atoms with Crippen molar-refractivity contribution >= 4 is 21.8 Å². The van der Waals surface area contributed by atoms with Crippen molar-refractivity contribution in [3.63, 3.8) is 0 Å². The minimum absolute atomic E-state index is 0.267. The summed E-state index contributed by atoms with van der Waals surface area (Å²) < 4.78 is 25.0. The maximum Gasteiger partial charge on any atom is 0.213 e. The monoisotopic (exact) mass is 268 g/mol. The van der Waals surface area contributed by atoms with E-state index in [1.54, 1.807) is 18.8 Å². The van der Waals surface area contributed by atoms with E-state index in [1.807, 2.05) is 13.2 Å². The lowest BCUT2D eigenvalue weighted by Gasteiger charge is -2.16. The predicted molar refractivity (Wildman–Crippen MR) is 72.6 cm³/mol. The van der Waals surface area contributed by atoms with Crippen LogP contribution in [0.25, 0.3) is 0 Å². The molecule has 0 aliphatic rings. The molecule has 0 atom stereocenters. The number of hydrogen-bond donors (Lipinski definition) is 1. The zero-order chi connectivity index (χ0) is 12.4. The highest BCUT2D eigenvalue weighted by Gasteiger charge is 2.16. The second-order valence-electron chi connectivity index (χ2n) is 3.69. The molecule has 0 aromatic heterocycles. The largest absolute Gasteiger partial charge is 0.317 e. The molecule has 0 spiro atoms. The standard InChI is InChI=1S/C10H24N2O2S2/c1-4-11-7-5-6-10-16(13,14)12(2)8-9-15-3/h11H,4-10H2,1-3H3. The molecule has 0 aromatic carbocycles. The van der Waals surface area contributed by atoms with E-state index < -0.39 is 10.0 Å². The molecule has 0 rings (SSSR count). The number of unbranched alkanes of at least 4 members (excludes halogenated alkanes) is 1. The van der Waals surface area contributed by atoms with E-state index in [0.29, 0.717) is 6.54 Å². The van der Waals surface area contributed by atoms with Crippen LogP contribution in [0.4, 0.5) is 0 Å². The van der Waals surface area contributed by atoms with Crippen LogP contribution >= 0.6 is 11.8 Å². The Morgan fingerprint density at radius 2 is 2.00 bits per heavy atom. The zero-order valence-electron chi connectivity index (χ0n) is 10.5. The highest BCUT2D eigenvalue weighted by Crippen LogP contribution is 2.04. The fourth-order valence-electron chi connectivity index (χ4n) is 1.23. The highest BCUT2D eigenvalue weighted by atomic mass is 32.2. The Hall–Kier alpha value is 0.220. The number of nitrogens with zero attached hydrogens (tertiary/aromatic N) is 1. The molecule has 4 nitrogen and oxygen atoms in total. The Labute approximate surface area is 104 Å². The summed E-state index contributed by atoms with van der Waals surface area (Å²) in [5.74, 6) is 1.12. The van der Waals surface area contributed by atoms with Crippen LogP contribution in [0.15, 0.2) is 0 Å². The summed E-state index contributed by atoms with van der Waals surface area (Å²) in [4.78, 5) is 0. The minimum atomic E-state index is -3.03. The topological polar surface area (TPSA) is 49.4 Å². The van der Waals surface area contributed by atoms with Gasteiger partial charge in [0.15, 0.2) is 0 Å². The number of hydrogen-bond acceptors (Lipinski definition) is 4. The molecule has 0 radical (unpaired) electrons. The number of rotatable bonds is 10. The minimum Gasteiger partial charge on any atom is -0.317 e. The summed E-state index contributed by atoms with van der Waals surface area (Å²) >= 11 is 1.66. The Bertz CT molecular complexity index is 256. The third-order valence-corrected chi connectivity index (χ3v) is 4.87. The second kappa shape index (κ2) is 9.27. The molecule has 0 saturated heterocycles. The van der Waals surface area contributed by atoms with Crippen molar-refractivity contribution in [1.29, 1.82) is 0 Å². The molecule has 1 N–H and O–H groups in total. The van der Waals surface area contributed by atoms with Gasteiger partial charge < -0.3 is 5.32 Å². The van der Waals surface area contributed by atoms with Crippen LogP contribution in [0.3, 0.4) is 0 Å². The summed E-state index contributed by atoms with van der Waals surface area (Å²) in [6.45, 7) is 4.50. The first kappa shape index (κ1) is 16.2. The van der Waals surface area contributed by atoms with Gasteiger partial charge in [0.2, 0.25) is 10.0 Å². The lowest BCUT2D eigenvalue weighted by Crippen LogP contribution is -2.31.